The number of aromatic hydroxyl groups is 1. The van der Waals surface area contributed by atoms with E-state index in [1.54, 1.807) is 0 Å². The van der Waals surface area contributed by atoms with Crippen LogP contribution in [0.25, 0.3) is 0 Å². The van der Waals surface area contributed by atoms with Crippen LogP contribution in [0.4, 0.5) is 0 Å². The van der Waals surface area contributed by atoms with E-state index >= 15 is 0 Å². The molecule has 0 amide bonds. The molecule has 1 fully saturated rings. The summed E-state index contributed by atoms with van der Waals surface area (Å²) in [7, 11) is 0. The first-order valence-corrected chi connectivity index (χ1v) is 6.18. The number of hydrogen-bond donors (Lipinski definition) is 1. The summed E-state index contributed by atoms with van der Waals surface area (Å²) in [5, 5.41) is 9.98. The highest BCUT2D eigenvalue weighted by atomic mass is 16.3. The van der Waals surface area contributed by atoms with Crippen molar-refractivity contribution in [2.24, 2.45) is 0 Å². The minimum absolute atomic E-state index is 0.461. The number of piperidine rings is 1. The van der Waals surface area contributed by atoms with E-state index in [-0.39, 0.29) is 0 Å². The predicted octanol–water partition coefficient (Wildman–Crippen LogP) is 2.99. The van der Waals surface area contributed by atoms with Gasteiger partial charge in [0.1, 0.15) is 5.75 Å². The predicted molar refractivity (Wildman–Crippen MR) is 66.7 cm³/mol. The highest BCUT2D eigenvalue weighted by Crippen LogP contribution is 2.25. The topological polar surface area (TPSA) is 23.5 Å². The summed E-state index contributed by atoms with van der Waals surface area (Å²) in [4.78, 5) is 2.45. The zero-order chi connectivity index (χ0) is 11.5. The van der Waals surface area contributed by atoms with E-state index in [1.807, 2.05) is 13.0 Å². The van der Waals surface area contributed by atoms with Crippen molar-refractivity contribution in [1.82, 2.24) is 4.90 Å². The number of aryl methyl sites for hydroxylation is 2. The highest BCUT2D eigenvalue weighted by molar-refractivity contribution is 5.41. The molecule has 88 valence electrons. The quantitative estimate of drug-likeness (QED) is 0.826. The van der Waals surface area contributed by atoms with Gasteiger partial charge in [-0.2, -0.15) is 0 Å². The molecule has 0 aliphatic carbocycles. The number of phenolic OH excluding ortho intramolecular Hbond substituents is 1. The normalized spacial score (nSPS) is 17.6. The van der Waals surface area contributed by atoms with Crippen LogP contribution in [0.3, 0.4) is 0 Å². The Labute approximate surface area is 97.9 Å². The summed E-state index contributed by atoms with van der Waals surface area (Å²) in [6.07, 6.45) is 3.95. The van der Waals surface area contributed by atoms with Crippen LogP contribution in [-0.4, -0.2) is 23.1 Å². The minimum atomic E-state index is 0.461. The summed E-state index contributed by atoms with van der Waals surface area (Å²) in [6, 6.07) is 4.02. The number of hydrogen-bond acceptors (Lipinski definition) is 2. The maximum Gasteiger partial charge on any atom is 0.120 e. The Morgan fingerprint density at radius 1 is 1.12 bits per heavy atom. The first-order valence-electron chi connectivity index (χ1n) is 6.18. The fraction of sp³-hybridized carbons (Fsp3) is 0.571. The molecule has 16 heavy (non-hydrogen) atoms. The molecule has 0 atom stereocenters. The van der Waals surface area contributed by atoms with Crippen LogP contribution in [0.15, 0.2) is 12.1 Å². The van der Waals surface area contributed by atoms with Gasteiger partial charge in [-0.1, -0.05) is 12.5 Å². The van der Waals surface area contributed by atoms with Crippen molar-refractivity contribution < 1.29 is 5.11 Å². The third kappa shape index (κ3) is 2.56. The van der Waals surface area contributed by atoms with Gasteiger partial charge in [-0.05, 0) is 57.0 Å². The van der Waals surface area contributed by atoms with Crippen LogP contribution >= 0.6 is 0 Å². The lowest BCUT2D eigenvalue weighted by Gasteiger charge is -2.27. The molecule has 2 nitrogen and oxygen atoms in total. The maximum absolute atomic E-state index is 9.98. The van der Waals surface area contributed by atoms with E-state index < -0.39 is 0 Å². The van der Waals surface area contributed by atoms with Gasteiger partial charge in [0.25, 0.3) is 0 Å². The van der Waals surface area contributed by atoms with Gasteiger partial charge in [-0.15, -0.1) is 0 Å². The van der Waals surface area contributed by atoms with Crippen LogP contribution in [-0.2, 0) is 6.54 Å². The third-order valence-electron chi connectivity index (χ3n) is 3.42. The van der Waals surface area contributed by atoms with Gasteiger partial charge in [0.2, 0.25) is 0 Å². The van der Waals surface area contributed by atoms with Crippen molar-refractivity contribution in [2.45, 2.75) is 39.7 Å². The van der Waals surface area contributed by atoms with Gasteiger partial charge in [-0.3, -0.25) is 4.90 Å². The van der Waals surface area contributed by atoms with Gasteiger partial charge >= 0.3 is 0 Å². The van der Waals surface area contributed by atoms with Crippen molar-refractivity contribution in [1.29, 1.82) is 0 Å². The number of benzene rings is 1. The summed E-state index contributed by atoms with van der Waals surface area (Å²) in [5.41, 5.74) is 3.45. The number of rotatable bonds is 2. The van der Waals surface area contributed by atoms with Crippen molar-refractivity contribution in [3.63, 3.8) is 0 Å². The first kappa shape index (κ1) is 11.5. The van der Waals surface area contributed by atoms with Crippen molar-refractivity contribution in [3.8, 4) is 5.75 Å². The molecule has 1 aliphatic rings. The zero-order valence-electron chi connectivity index (χ0n) is 10.3. The molecule has 2 heteroatoms. The fourth-order valence-corrected chi connectivity index (χ4v) is 2.52. The SMILES string of the molecule is Cc1cc(C)c(CN2CCCCC2)c(O)c1. The summed E-state index contributed by atoms with van der Waals surface area (Å²) in [5.74, 6) is 0.461. The molecule has 1 saturated heterocycles. The van der Waals surface area contributed by atoms with E-state index in [1.165, 1.54) is 37.9 Å². The van der Waals surface area contributed by atoms with Gasteiger partial charge in [0.15, 0.2) is 0 Å². The van der Waals surface area contributed by atoms with Crippen LogP contribution < -0.4 is 0 Å². The Hall–Kier alpha value is -1.02. The highest BCUT2D eigenvalue weighted by Gasteiger charge is 2.14. The second kappa shape index (κ2) is 4.88. The lowest BCUT2D eigenvalue weighted by atomic mass is 10.0. The maximum atomic E-state index is 9.98. The molecule has 0 spiro atoms. The molecular weight excluding hydrogens is 198 g/mol. The minimum Gasteiger partial charge on any atom is -0.508 e. The molecule has 1 N–H and O–H groups in total. The van der Waals surface area contributed by atoms with Crippen LogP contribution in [0.5, 0.6) is 5.75 Å². The van der Waals surface area contributed by atoms with E-state index in [9.17, 15) is 5.11 Å². The lowest BCUT2D eigenvalue weighted by Crippen LogP contribution is -2.29. The lowest BCUT2D eigenvalue weighted by molar-refractivity contribution is 0.218. The summed E-state index contributed by atoms with van der Waals surface area (Å²) >= 11 is 0. The summed E-state index contributed by atoms with van der Waals surface area (Å²) in [6.45, 7) is 7.36. The molecule has 0 unspecified atom stereocenters. The van der Waals surface area contributed by atoms with E-state index in [0.717, 1.165) is 17.7 Å². The van der Waals surface area contributed by atoms with E-state index in [4.69, 9.17) is 0 Å². The molecule has 0 bridgehead atoms. The zero-order valence-corrected chi connectivity index (χ0v) is 10.3. The fourth-order valence-electron chi connectivity index (χ4n) is 2.52. The second-order valence-electron chi connectivity index (χ2n) is 4.92. The third-order valence-corrected chi connectivity index (χ3v) is 3.42. The van der Waals surface area contributed by atoms with E-state index in [2.05, 4.69) is 17.9 Å². The van der Waals surface area contributed by atoms with E-state index in [0.29, 0.717) is 5.75 Å². The van der Waals surface area contributed by atoms with Crippen molar-refractivity contribution >= 4 is 0 Å². The van der Waals surface area contributed by atoms with Crippen molar-refractivity contribution in [2.75, 3.05) is 13.1 Å². The average Bonchev–Trinajstić information content (AvgIpc) is 2.25. The Morgan fingerprint density at radius 3 is 2.44 bits per heavy atom. The largest absolute Gasteiger partial charge is 0.508 e. The second-order valence-corrected chi connectivity index (χ2v) is 4.92. The van der Waals surface area contributed by atoms with Crippen LogP contribution in [0.2, 0.25) is 0 Å². The molecule has 2 rings (SSSR count). The van der Waals surface area contributed by atoms with Crippen molar-refractivity contribution in [3.05, 3.63) is 28.8 Å². The Morgan fingerprint density at radius 2 is 1.81 bits per heavy atom. The molecule has 1 aliphatic heterocycles. The number of phenols is 1. The Balaban J connectivity index is 2.14. The first-order chi connectivity index (χ1) is 7.66. The van der Waals surface area contributed by atoms with Crippen LogP contribution in [0.1, 0.15) is 36.0 Å². The van der Waals surface area contributed by atoms with Crippen LogP contribution in [0, 0.1) is 13.8 Å². The summed E-state index contributed by atoms with van der Waals surface area (Å²) < 4.78 is 0. The monoisotopic (exact) mass is 219 g/mol. The van der Waals surface area contributed by atoms with Gasteiger partial charge in [0, 0.05) is 12.1 Å². The molecular formula is C14H21NO. The standard InChI is InChI=1S/C14H21NO/c1-11-8-12(2)13(14(16)9-11)10-15-6-4-3-5-7-15/h8-9,16H,3-7,10H2,1-2H3. The Bertz CT molecular complexity index is 344. The smallest absolute Gasteiger partial charge is 0.120 e. The molecule has 1 aromatic carbocycles. The molecule has 0 saturated carbocycles. The molecule has 0 radical (unpaired) electrons. The molecule has 1 heterocycles. The van der Waals surface area contributed by atoms with Gasteiger partial charge in [-0.25, -0.2) is 0 Å². The molecule has 0 aromatic heterocycles. The Kier molecular flexibility index (Phi) is 3.49. The molecule has 1 aromatic rings. The number of nitrogens with zero attached hydrogens (tertiary/aromatic N) is 1. The van der Waals surface area contributed by atoms with Gasteiger partial charge in [0.05, 0.1) is 0 Å². The van der Waals surface area contributed by atoms with Gasteiger partial charge < -0.3 is 5.11 Å². The average molecular weight is 219 g/mol. The number of likely N-dealkylation sites (tertiary alicyclic amines) is 1.